The standard InChI is InChI=1S/C12H12ClNO3/c1-7-3-9-11(13)8(5-14-6-15)4-10(16-2)12(9)17-7/h4,7H,3,5H2,1-2H3. The number of benzene rings is 1. The van der Waals surface area contributed by atoms with Crippen molar-refractivity contribution in [2.45, 2.75) is 26.0 Å². The predicted molar refractivity (Wildman–Crippen MR) is 63.6 cm³/mol. The largest absolute Gasteiger partial charge is 0.493 e. The third kappa shape index (κ3) is 2.14. The lowest BCUT2D eigenvalue weighted by Crippen LogP contribution is -2.05. The van der Waals surface area contributed by atoms with Crippen LogP contribution in [-0.2, 0) is 17.8 Å². The molecule has 17 heavy (non-hydrogen) atoms. The van der Waals surface area contributed by atoms with E-state index in [9.17, 15) is 4.79 Å². The van der Waals surface area contributed by atoms with E-state index in [2.05, 4.69) is 4.99 Å². The van der Waals surface area contributed by atoms with Crippen molar-refractivity contribution in [2.24, 2.45) is 4.99 Å². The van der Waals surface area contributed by atoms with E-state index in [-0.39, 0.29) is 12.6 Å². The van der Waals surface area contributed by atoms with Crippen LogP contribution in [0.25, 0.3) is 0 Å². The SMILES string of the molecule is COc1cc(CN=C=O)c(Cl)c2c1OC(C)C2. The molecule has 1 aromatic carbocycles. The molecule has 1 aromatic rings. The molecule has 4 nitrogen and oxygen atoms in total. The number of rotatable bonds is 3. The van der Waals surface area contributed by atoms with Gasteiger partial charge in [0.1, 0.15) is 6.10 Å². The van der Waals surface area contributed by atoms with Gasteiger partial charge in [-0.1, -0.05) is 11.6 Å². The molecule has 0 aromatic heterocycles. The van der Waals surface area contributed by atoms with Gasteiger partial charge in [-0.3, -0.25) is 0 Å². The molecule has 1 aliphatic heterocycles. The second-order valence-electron chi connectivity index (χ2n) is 3.90. The van der Waals surface area contributed by atoms with Crippen LogP contribution in [0.5, 0.6) is 11.5 Å². The molecule has 1 aliphatic rings. The Morgan fingerprint density at radius 1 is 1.71 bits per heavy atom. The molecule has 0 fully saturated rings. The Morgan fingerprint density at radius 2 is 2.47 bits per heavy atom. The third-order valence-electron chi connectivity index (χ3n) is 2.69. The van der Waals surface area contributed by atoms with Crippen molar-refractivity contribution in [2.75, 3.05) is 7.11 Å². The number of hydrogen-bond donors (Lipinski definition) is 0. The minimum absolute atomic E-state index is 0.0845. The first kappa shape index (κ1) is 12.0. The van der Waals surface area contributed by atoms with Crippen LogP contribution < -0.4 is 9.47 Å². The van der Waals surface area contributed by atoms with Crippen LogP contribution in [0.2, 0.25) is 5.02 Å². The number of aliphatic imine (C=N–C) groups is 1. The summed E-state index contributed by atoms with van der Waals surface area (Å²) in [7, 11) is 1.57. The molecule has 0 saturated heterocycles. The van der Waals surface area contributed by atoms with Gasteiger partial charge in [-0.15, -0.1) is 0 Å². The molecule has 0 saturated carbocycles. The Morgan fingerprint density at radius 3 is 3.12 bits per heavy atom. The van der Waals surface area contributed by atoms with Crippen molar-refractivity contribution in [1.82, 2.24) is 0 Å². The first-order valence-electron chi connectivity index (χ1n) is 5.26. The molecule has 1 heterocycles. The smallest absolute Gasteiger partial charge is 0.235 e. The van der Waals surface area contributed by atoms with E-state index in [1.165, 1.54) is 6.08 Å². The summed E-state index contributed by atoms with van der Waals surface area (Å²) in [5.41, 5.74) is 1.68. The average Bonchev–Trinajstić information content (AvgIpc) is 2.71. The van der Waals surface area contributed by atoms with Crippen molar-refractivity contribution in [3.8, 4) is 11.5 Å². The Labute approximate surface area is 104 Å². The number of hydrogen-bond acceptors (Lipinski definition) is 4. The Bertz CT molecular complexity index is 495. The number of isocyanates is 1. The molecular formula is C12H12ClNO3. The fourth-order valence-electron chi connectivity index (χ4n) is 1.96. The molecule has 1 unspecified atom stereocenters. The van der Waals surface area contributed by atoms with Gasteiger partial charge in [0.05, 0.1) is 18.7 Å². The maximum Gasteiger partial charge on any atom is 0.235 e. The molecule has 0 N–H and O–H groups in total. The lowest BCUT2D eigenvalue weighted by atomic mass is 10.1. The van der Waals surface area contributed by atoms with Crippen LogP contribution in [0.15, 0.2) is 11.1 Å². The second kappa shape index (κ2) is 4.78. The highest BCUT2D eigenvalue weighted by Gasteiger charge is 2.27. The molecule has 1 atom stereocenters. The van der Waals surface area contributed by atoms with E-state index in [4.69, 9.17) is 21.1 Å². The summed E-state index contributed by atoms with van der Waals surface area (Å²) >= 11 is 6.26. The van der Waals surface area contributed by atoms with Crippen LogP contribution in [0, 0.1) is 0 Å². The van der Waals surface area contributed by atoms with Gasteiger partial charge in [0.2, 0.25) is 6.08 Å². The average molecular weight is 254 g/mol. The van der Waals surface area contributed by atoms with Gasteiger partial charge < -0.3 is 9.47 Å². The molecule has 0 aliphatic carbocycles. The number of fused-ring (bicyclic) bond motifs is 1. The summed E-state index contributed by atoms with van der Waals surface area (Å²) in [5.74, 6) is 1.33. The number of ether oxygens (including phenoxy) is 2. The zero-order chi connectivity index (χ0) is 12.4. The highest BCUT2D eigenvalue weighted by atomic mass is 35.5. The highest BCUT2D eigenvalue weighted by molar-refractivity contribution is 6.32. The Hall–Kier alpha value is -1.51. The van der Waals surface area contributed by atoms with E-state index >= 15 is 0 Å². The Balaban J connectivity index is 2.51. The molecule has 2 rings (SSSR count). The van der Waals surface area contributed by atoms with E-state index in [0.29, 0.717) is 16.5 Å². The number of carbonyl (C=O) groups excluding carboxylic acids is 1. The van der Waals surface area contributed by atoms with Gasteiger partial charge in [0.25, 0.3) is 0 Å². The van der Waals surface area contributed by atoms with Crippen molar-refractivity contribution < 1.29 is 14.3 Å². The van der Waals surface area contributed by atoms with Crippen LogP contribution in [-0.4, -0.2) is 19.3 Å². The minimum atomic E-state index is 0.0845. The maximum atomic E-state index is 10.1. The molecule has 0 spiro atoms. The summed E-state index contributed by atoms with van der Waals surface area (Å²) in [5, 5.41) is 0.601. The van der Waals surface area contributed by atoms with Crippen molar-refractivity contribution in [1.29, 1.82) is 0 Å². The minimum Gasteiger partial charge on any atom is -0.493 e. The highest BCUT2D eigenvalue weighted by Crippen LogP contribution is 2.43. The molecule has 5 heteroatoms. The van der Waals surface area contributed by atoms with Gasteiger partial charge in [-0.2, -0.15) is 0 Å². The Kier molecular flexibility index (Phi) is 3.36. The topological polar surface area (TPSA) is 47.9 Å². The predicted octanol–water partition coefficient (Wildman–Crippen LogP) is 2.51. The van der Waals surface area contributed by atoms with Crippen molar-refractivity contribution in [3.63, 3.8) is 0 Å². The normalized spacial score (nSPS) is 17.0. The summed E-state index contributed by atoms with van der Waals surface area (Å²) in [6.07, 6.45) is 2.33. The van der Waals surface area contributed by atoms with Crippen molar-refractivity contribution >= 4 is 17.7 Å². The van der Waals surface area contributed by atoms with Gasteiger partial charge in [0, 0.05) is 12.0 Å². The fraction of sp³-hybridized carbons (Fsp3) is 0.417. The fourth-order valence-corrected chi connectivity index (χ4v) is 2.23. The second-order valence-corrected chi connectivity index (χ2v) is 4.28. The zero-order valence-corrected chi connectivity index (χ0v) is 10.4. The number of halogens is 1. The van der Waals surface area contributed by atoms with Crippen LogP contribution >= 0.6 is 11.6 Å². The van der Waals surface area contributed by atoms with E-state index in [1.807, 2.05) is 6.92 Å². The molecule has 0 amide bonds. The first-order chi connectivity index (χ1) is 8.17. The van der Waals surface area contributed by atoms with Gasteiger partial charge >= 0.3 is 0 Å². The third-order valence-corrected chi connectivity index (χ3v) is 3.17. The number of methoxy groups -OCH3 is 1. The maximum absolute atomic E-state index is 10.1. The van der Waals surface area contributed by atoms with Crippen LogP contribution in [0.3, 0.4) is 0 Å². The van der Waals surface area contributed by atoms with Crippen LogP contribution in [0.4, 0.5) is 0 Å². The lowest BCUT2D eigenvalue weighted by Gasteiger charge is -2.11. The van der Waals surface area contributed by atoms with Gasteiger partial charge in [-0.05, 0) is 18.6 Å². The van der Waals surface area contributed by atoms with Crippen LogP contribution in [0.1, 0.15) is 18.1 Å². The molecule has 90 valence electrons. The quantitative estimate of drug-likeness (QED) is 0.614. The molecule has 0 radical (unpaired) electrons. The van der Waals surface area contributed by atoms with Gasteiger partial charge in [0.15, 0.2) is 11.5 Å². The van der Waals surface area contributed by atoms with Gasteiger partial charge in [-0.25, -0.2) is 9.79 Å². The summed E-state index contributed by atoms with van der Waals surface area (Å²) in [6, 6.07) is 1.75. The summed E-state index contributed by atoms with van der Waals surface area (Å²) < 4.78 is 10.9. The van der Waals surface area contributed by atoms with E-state index < -0.39 is 0 Å². The lowest BCUT2D eigenvalue weighted by molar-refractivity contribution is 0.243. The van der Waals surface area contributed by atoms with E-state index in [0.717, 1.165) is 17.5 Å². The molecule has 0 bridgehead atoms. The summed E-state index contributed by atoms with van der Waals surface area (Å²) in [4.78, 5) is 13.7. The number of nitrogens with zero attached hydrogens (tertiary/aromatic N) is 1. The zero-order valence-electron chi connectivity index (χ0n) is 9.62. The summed E-state index contributed by atoms with van der Waals surface area (Å²) in [6.45, 7) is 2.18. The monoisotopic (exact) mass is 253 g/mol. The van der Waals surface area contributed by atoms with E-state index in [1.54, 1.807) is 13.2 Å². The molecular weight excluding hydrogens is 242 g/mol. The van der Waals surface area contributed by atoms with Crippen molar-refractivity contribution in [3.05, 3.63) is 22.2 Å². The first-order valence-corrected chi connectivity index (χ1v) is 5.63.